The first-order valence-electron chi connectivity index (χ1n) is 4.08. The van der Waals surface area contributed by atoms with Crippen molar-refractivity contribution >= 4 is 6.09 Å². The van der Waals surface area contributed by atoms with Gasteiger partial charge in [-0.15, -0.1) is 0 Å². The number of rotatable bonds is 4. The highest BCUT2D eigenvalue weighted by molar-refractivity contribution is 5.64. The average molecular weight is 200 g/mol. The minimum absolute atomic E-state index is 0.255. The topological polar surface area (TPSA) is 114 Å². The molecule has 1 amide bonds. The smallest absolute Gasteiger partial charge is 0.404 e. The highest BCUT2D eigenvalue weighted by Gasteiger charge is 2.18. The Bertz CT molecular complexity index is 287. The molecule has 1 aromatic rings. The lowest BCUT2D eigenvalue weighted by Gasteiger charge is -2.16. The maximum atomic E-state index is 10.4. The lowest BCUT2D eigenvalue weighted by molar-refractivity contribution is 0.0167. The molecule has 1 unspecified atom stereocenters. The molecule has 0 aliphatic carbocycles. The van der Waals surface area contributed by atoms with Crippen LogP contribution in [0.1, 0.15) is 12.6 Å². The maximum Gasteiger partial charge on any atom is 0.404 e. The maximum absolute atomic E-state index is 10.4. The highest BCUT2D eigenvalue weighted by Crippen LogP contribution is 2.04. The Labute approximate surface area is 80.3 Å². The summed E-state index contributed by atoms with van der Waals surface area (Å²) in [5.41, 5.74) is 5.39. The van der Waals surface area contributed by atoms with E-state index in [1.54, 1.807) is 6.92 Å². The number of carbonyl (C=O) groups is 1. The zero-order valence-corrected chi connectivity index (χ0v) is 7.67. The van der Waals surface area contributed by atoms with Crippen LogP contribution in [-0.2, 0) is 11.2 Å². The van der Waals surface area contributed by atoms with E-state index in [1.165, 1.54) is 6.20 Å². The van der Waals surface area contributed by atoms with Gasteiger partial charge in [0, 0.05) is 6.42 Å². The molecule has 1 heterocycles. The lowest BCUT2D eigenvalue weighted by Crippen LogP contribution is -2.32. The van der Waals surface area contributed by atoms with Crippen molar-refractivity contribution in [3.8, 4) is 0 Å². The molecule has 14 heavy (non-hydrogen) atoms. The second-order valence-corrected chi connectivity index (χ2v) is 2.87. The highest BCUT2D eigenvalue weighted by atomic mass is 16.6. The van der Waals surface area contributed by atoms with E-state index >= 15 is 0 Å². The number of aromatic amines is 1. The molecule has 0 aliphatic heterocycles. The summed E-state index contributed by atoms with van der Waals surface area (Å²) in [6, 6.07) is 0. The van der Waals surface area contributed by atoms with Gasteiger partial charge in [0.05, 0.1) is 18.0 Å². The first-order valence-corrected chi connectivity index (χ1v) is 4.08. The standard InChI is InChI=1S/C7H12N4O3/c1-4(14-7(8)13)6(12)2-5-3-9-11-10-5/h3-4,6,12H,2H2,1H3,(H2,8,13)(H,9,10,11)/t4-,6?/m0/s1. The van der Waals surface area contributed by atoms with E-state index in [0.29, 0.717) is 5.69 Å². The van der Waals surface area contributed by atoms with Gasteiger partial charge in [-0.25, -0.2) is 4.79 Å². The van der Waals surface area contributed by atoms with Crippen LogP contribution in [0.3, 0.4) is 0 Å². The van der Waals surface area contributed by atoms with Crippen molar-refractivity contribution < 1.29 is 14.6 Å². The second-order valence-electron chi connectivity index (χ2n) is 2.87. The van der Waals surface area contributed by atoms with Gasteiger partial charge in [0.15, 0.2) is 0 Å². The molecule has 0 bridgehead atoms. The Morgan fingerprint density at radius 3 is 3.07 bits per heavy atom. The van der Waals surface area contributed by atoms with E-state index in [1.807, 2.05) is 0 Å². The fraction of sp³-hybridized carbons (Fsp3) is 0.571. The number of nitrogens with zero attached hydrogens (tertiary/aromatic N) is 2. The van der Waals surface area contributed by atoms with Crippen molar-refractivity contribution in [3.63, 3.8) is 0 Å². The normalized spacial score (nSPS) is 14.7. The van der Waals surface area contributed by atoms with Crippen LogP contribution in [0.5, 0.6) is 0 Å². The minimum atomic E-state index is -0.906. The Morgan fingerprint density at radius 1 is 1.86 bits per heavy atom. The third kappa shape index (κ3) is 3.02. The molecular weight excluding hydrogens is 188 g/mol. The largest absolute Gasteiger partial charge is 0.444 e. The Kier molecular flexibility index (Phi) is 3.41. The van der Waals surface area contributed by atoms with Gasteiger partial charge in [0.2, 0.25) is 0 Å². The average Bonchev–Trinajstić information content (AvgIpc) is 2.55. The number of aliphatic hydroxyl groups excluding tert-OH is 1. The van der Waals surface area contributed by atoms with Crippen LogP contribution >= 0.6 is 0 Å². The number of aromatic nitrogens is 3. The summed E-state index contributed by atoms with van der Waals surface area (Å²) in [4.78, 5) is 10.4. The van der Waals surface area contributed by atoms with E-state index in [9.17, 15) is 9.90 Å². The number of hydrogen-bond acceptors (Lipinski definition) is 5. The Morgan fingerprint density at radius 2 is 2.57 bits per heavy atom. The molecule has 0 saturated heterocycles. The Hall–Kier alpha value is -1.63. The van der Waals surface area contributed by atoms with Gasteiger partial charge in [-0.3, -0.25) is 0 Å². The number of nitrogens with one attached hydrogen (secondary N) is 1. The molecule has 4 N–H and O–H groups in total. The first kappa shape index (κ1) is 10.5. The van der Waals surface area contributed by atoms with Crippen molar-refractivity contribution in [2.45, 2.75) is 25.6 Å². The van der Waals surface area contributed by atoms with Gasteiger partial charge in [0.1, 0.15) is 6.10 Å². The number of hydrogen-bond donors (Lipinski definition) is 3. The summed E-state index contributed by atoms with van der Waals surface area (Å²) < 4.78 is 4.59. The monoisotopic (exact) mass is 200 g/mol. The molecule has 1 rings (SSSR count). The van der Waals surface area contributed by atoms with Crippen LogP contribution in [0, 0.1) is 0 Å². The third-order valence-corrected chi connectivity index (χ3v) is 1.73. The summed E-state index contributed by atoms with van der Waals surface area (Å²) in [5, 5.41) is 19.3. The summed E-state index contributed by atoms with van der Waals surface area (Å²) in [6.07, 6.45) is -0.668. The number of ether oxygens (including phenoxy) is 1. The van der Waals surface area contributed by atoms with Gasteiger partial charge >= 0.3 is 6.09 Å². The quantitative estimate of drug-likeness (QED) is 0.588. The predicted molar refractivity (Wildman–Crippen MR) is 46.2 cm³/mol. The van der Waals surface area contributed by atoms with E-state index in [4.69, 9.17) is 5.73 Å². The van der Waals surface area contributed by atoms with Crippen LogP contribution in [0.4, 0.5) is 4.79 Å². The zero-order chi connectivity index (χ0) is 10.6. The van der Waals surface area contributed by atoms with Gasteiger partial charge in [-0.1, -0.05) is 0 Å². The van der Waals surface area contributed by atoms with Crippen molar-refractivity contribution in [3.05, 3.63) is 11.9 Å². The molecule has 2 atom stereocenters. The van der Waals surface area contributed by atoms with Gasteiger partial charge in [-0.05, 0) is 6.92 Å². The van der Waals surface area contributed by atoms with E-state index in [-0.39, 0.29) is 6.42 Å². The summed E-state index contributed by atoms with van der Waals surface area (Å²) in [7, 11) is 0. The number of carbonyl (C=O) groups excluding carboxylic acids is 1. The van der Waals surface area contributed by atoms with Crippen molar-refractivity contribution in [2.24, 2.45) is 5.73 Å². The van der Waals surface area contributed by atoms with Crippen LogP contribution in [0.25, 0.3) is 0 Å². The van der Waals surface area contributed by atoms with E-state index in [0.717, 1.165) is 0 Å². The van der Waals surface area contributed by atoms with Crippen LogP contribution in [-0.4, -0.2) is 38.8 Å². The number of primary amides is 1. The number of aliphatic hydroxyl groups is 1. The fourth-order valence-corrected chi connectivity index (χ4v) is 0.966. The third-order valence-electron chi connectivity index (χ3n) is 1.73. The molecule has 0 aromatic carbocycles. The first-order chi connectivity index (χ1) is 6.59. The molecule has 0 saturated carbocycles. The fourth-order valence-electron chi connectivity index (χ4n) is 0.966. The van der Waals surface area contributed by atoms with Crippen LogP contribution in [0.15, 0.2) is 6.20 Å². The molecule has 0 radical (unpaired) electrons. The molecule has 78 valence electrons. The summed E-state index contributed by atoms with van der Waals surface area (Å²) >= 11 is 0. The van der Waals surface area contributed by atoms with Crippen LogP contribution < -0.4 is 5.73 Å². The minimum Gasteiger partial charge on any atom is -0.444 e. The van der Waals surface area contributed by atoms with Crippen molar-refractivity contribution in [1.29, 1.82) is 0 Å². The molecule has 0 aliphatic rings. The number of nitrogens with two attached hydrogens (primary N) is 1. The van der Waals surface area contributed by atoms with Gasteiger partial charge in [0.25, 0.3) is 0 Å². The molecule has 0 spiro atoms. The van der Waals surface area contributed by atoms with Gasteiger partial charge in [-0.2, -0.15) is 15.4 Å². The van der Waals surface area contributed by atoms with Crippen molar-refractivity contribution in [2.75, 3.05) is 0 Å². The molecule has 0 fully saturated rings. The second kappa shape index (κ2) is 4.56. The van der Waals surface area contributed by atoms with Crippen molar-refractivity contribution in [1.82, 2.24) is 15.4 Å². The number of H-pyrrole nitrogens is 1. The van der Waals surface area contributed by atoms with E-state index in [2.05, 4.69) is 20.1 Å². The summed E-state index contributed by atoms with van der Waals surface area (Å²) in [6.45, 7) is 1.55. The van der Waals surface area contributed by atoms with Crippen LogP contribution in [0.2, 0.25) is 0 Å². The predicted octanol–water partition coefficient (Wildman–Crippen LogP) is -0.808. The molecular formula is C7H12N4O3. The zero-order valence-electron chi connectivity index (χ0n) is 7.67. The lowest BCUT2D eigenvalue weighted by atomic mass is 10.1. The Balaban J connectivity index is 2.41. The molecule has 7 nitrogen and oxygen atoms in total. The van der Waals surface area contributed by atoms with E-state index < -0.39 is 18.3 Å². The van der Waals surface area contributed by atoms with Gasteiger partial charge < -0.3 is 15.6 Å². The molecule has 1 aromatic heterocycles. The molecule has 7 heteroatoms. The number of amides is 1. The summed E-state index contributed by atoms with van der Waals surface area (Å²) in [5.74, 6) is 0. The SMILES string of the molecule is C[C@H](OC(N)=O)C(O)Cc1cn[nH]n1.